The molecule has 0 saturated heterocycles. The lowest BCUT2D eigenvalue weighted by Crippen LogP contribution is -2.50. The Labute approximate surface area is 184 Å². The third kappa shape index (κ3) is 6.63. The van der Waals surface area contributed by atoms with Gasteiger partial charge in [0.2, 0.25) is 11.8 Å². The van der Waals surface area contributed by atoms with Gasteiger partial charge in [-0.2, -0.15) is 0 Å². The first-order valence-corrected chi connectivity index (χ1v) is 12.0. The summed E-state index contributed by atoms with van der Waals surface area (Å²) in [6, 6.07) is 18.1. The van der Waals surface area contributed by atoms with E-state index in [1.165, 1.54) is 24.0 Å². The van der Waals surface area contributed by atoms with Gasteiger partial charge in [0.1, 0.15) is 6.04 Å². The number of hydrogen-bond donors (Lipinski definition) is 1. The van der Waals surface area contributed by atoms with Crippen molar-refractivity contribution in [1.82, 2.24) is 10.2 Å². The summed E-state index contributed by atoms with van der Waals surface area (Å²) in [7, 11) is 0. The molecule has 2 amide bonds. The fourth-order valence-corrected chi connectivity index (χ4v) is 4.65. The number of benzene rings is 2. The summed E-state index contributed by atoms with van der Waals surface area (Å²) in [5, 5.41) is 3.15. The van der Waals surface area contributed by atoms with E-state index < -0.39 is 6.04 Å². The Hall–Kier alpha value is -2.27. The summed E-state index contributed by atoms with van der Waals surface area (Å²) in [6.07, 6.45) is 4.41. The van der Waals surface area contributed by atoms with E-state index in [9.17, 15) is 9.59 Å². The van der Waals surface area contributed by atoms with Crippen molar-refractivity contribution in [3.63, 3.8) is 0 Å². The van der Waals surface area contributed by atoms with Crippen molar-refractivity contribution in [1.29, 1.82) is 0 Å². The van der Waals surface area contributed by atoms with E-state index in [-0.39, 0.29) is 17.9 Å². The van der Waals surface area contributed by atoms with Crippen LogP contribution in [-0.2, 0) is 21.9 Å². The SMILES string of the molecule is Cc1ccc(CN(C(=O)CSCc2ccccc2)C(C)C(=O)NC2CCCC2)cc1. The van der Waals surface area contributed by atoms with Crippen molar-refractivity contribution in [3.05, 3.63) is 71.3 Å². The molecule has 2 aromatic rings. The van der Waals surface area contributed by atoms with Crippen LogP contribution in [0, 0.1) is 6.92 Å². The maximum Gasteiger partial charge on any atom is 0.242 e. The third-order valence-electron chi connectivity index (χ3n) is 5.68. The van der Waals surface area contributed by atoms with Crippen molar-refractivity contribution in [2.24, 2.45) is 0 Å². The number of nitrogens with zero attached hydrogens (tertiary/aromatic N) is 1. The molecule has 4 nitrogen and oxygen atoms in total. The highest BCUT2D eigenvalue weighted by Crippen LogP contribution is 2.19. The molecule has 1 unspecified atom stereocenters. The molecule has 1 saturated carbocycles. The minimum Gasteiger partial charge on any atom is -0.352 e. The lowest BCUT2D eigenvalue weighted by Gasteiger charge is -2.29. The topological polar surface area (TPSA) is 49.4 Å². The highest BCUT2D eigenvalue weighted by atomic mass is 32.2. The predicted molar refractivity (Wildman–Crippen MR) is 124 cm³/mol. The number of amides is 2. The van der Waals surface area contributed by atoms with Crippen LogP contribution >= 0.6 is 11.8 Å². The van der Waals surface area contributed by atoms with Crippen LogP contribution in [0.4, 0.5) is 0 Å². The Bertz CT molecular complexity index is 817. The highest BCUT2D eigenvalue weighted by molar-refractivity contribution is 7.99. The lowest BCUT2D eigenvalue weighted by molar-refractivity contribution is -0.138. The van der Waals surface area contributed by atoms with Crippen molar-refractivity contribution in [2.75, 3.05) is 5.75 Å². The van der Waals surface area contributed by atoms with Gasteiger partial charge in [-0.05, 0) is 37.8 Å². The van der Waals surface area contributed by atoms with Crippen LogP contribution < -0.4 is 5.32 Å². The van der Waals surface area contributed by atoms with E-state index in [0.29, 0.717) is 12.3 Å². The molecule has 0 spiro atoms. The fraction of sp³-hybridized carbons (Fsp3) is 0.440. The average molecular weight is 425 g/mol. The Morgan fingerprint density at radius 2 is 1.70 bits per heavy atom. The first-order chi connectivity index (χ1) is 14.5. The third-order valence-corrected chi connectivity index (χ3v) is 6.67. The van der Waals surface area contributed by atoms with Gasteiger partial charge in [0.25, 0.3) is 0 Å². The largest absolute Gasteiger partial charge is 0.352 e. The molecule has 0 heterocycles. The molecule has 1 aliphatic carbocycles. The van der Waals surface area contributed by atoms with Gasteiger partial charge in [0.15, 0.2) is 0 Å². The lowest BCUT2D eigenvalue weighted by atomic mass is 10.1. The van der Waals surface area contributed by atoms with Gasteiger partial charge in [-0.1, -0.05) is 73.0 Å². The van der Waals surface area contributed by atoms with E-state index in [0.717, 1.165) is 24.2 Å². The van der Waals surface area contributed by atoms with Crippen LogP contribution in [-0.4, -0.2) is 34.6 Å². The molecule has 3 rings (SSSR count). The molecule has 160 valence electrons. The van der Waals surface area contributed by atoms with Gasteiger partial charge in [0, 0.05) is 18.3 Å². The summed E-state index contributed by atoms with van der Waals surface area (Å²) in [4.78, 5) is 27.7. The zero-order valence-electron chi connectivity index (χ0n) is 18.0. The van der Waals surface area contributed by atoms with Crippen molar-refractivity contribution < 1.29 is 9.59 Å². The van der Waals surface area contributed by atoms with Crippen molar-refractivity contribution >= 4 is 23.6 Å². The first kappa shape index (κ1) is 22.4. The minimum atomic E-state index is -0.489. The smallest absolute Gasteiger partial charge is 0.242 e. The summed E-state index contributed by atoms with van der Waals surface area (Å²) in [5.74, 6) is 1.11. The van der Waals surface area contributed by atoms with Crippen molar-refractivity contribution in [2.45, 2.75) is 63.9 Å². The number of hydrogen-bond acceptors (Lipinski definition) is 3. The van der Waals surface area contributed by atoms with Crippen LogP contribution in [0.2, 0.25) is 0 Å². The van der Waals surface area contributed by atoms with E-state index >= 15 is 0 Å². The maximum absolute atomic E-state index is 13.1. The Morgan fingerprint density at radius 1 is 1.03 bits per heavy atom. The first-order valence-electron chi connectivity index (χ1n) is 10.8. The molecule has 0 radical (unpaired) electrons. The number of carbonyl (C=O) groups excluding carboxylic acids is 2. The number of rotatable bonds is 9. The molecule has 1 fully saturated rings. The number of carbonyl (C=O) groups is 2. The molecular weight excluding hydrogens is 392 g/mol. The van der Waals surface area contributed by atoms with Crippen LogP contribution in [0.15, 0.2) is 54.6 Å². The standard InChI is InChI=1S/C25H32N2O2S/c1-19-12-14-21(15-13-19)16-27(20(2)25(29)26-23-10-6-7-11-23)24(28)18-30-17-22-8-4-3-5-9-22/h3-5,8-9,12-15,20,23H,6-7,10-11,16-18H2,1-2H3,(H,26,29). The quantitative estimate of drug-likeness (QED) is 0.634. The predicted octanol–water partition coefficient (Wildman–Crippen LogP) is 4.70. The number of aryl methyl sites for hydroxylation is 1. The summed E-state index contributed by atoms with van der Waals surface area (Å²) in [6.45, 7) is 4.34. The van der Waals surface area contributed by atoms with Gasteiger partial charge in [-0.15, -0.1) is 11.8 Å². The van der Waals surface area contributed by atoms with Crippen LogP contribution in [0.5, 0.6) is 0 Å². The maximum atomic E-state index is 13.1. The fourth-order valence-electron chi connectivity index (χ4n) is 3.78. The van der Waals surface area contributed by atoms with E-state index in [4.69, 9.17) is 0 Å². The van der Waals surface area contributed by atoms with Gasteiger partial charge in [0.05, 0.1) is 5.75 Å². The van der Waals surface area contributed by atoms with Gasteiger partial charge in [-0.25, -0.2) is 0 Å². The normalized spacial score (nSPS) is 15.0. The van der Waals surface area contributed by atoms with E-state index in [1.807, 2.05) is 56.3 Å². The van der Waals surface area contributed by atoms with E-state index in [1.54, 1.807) is 16.7 Å². The van der Waals surface area contributed by atoms with E-state index in [2.05, 4.69) is 17.4 Å². The molecule has 1 atom stereocenters. The number of nitrogens with one attached hydrogen (secondary N) is 1. The van der Waals surface area contributed by atoms with Gasteiger partial charge in [-0.3, -0.25) is 9.59 Å². The molecule has 30 heavy (non-hydrogen) atoms. The molecule has 0 bridgehead atoms. The van der Waals surface area contributed by atoms with Gasteiger partial charge >= 0.3 is 0 Å². The Balaban J connectivity index is 1.64. The second kappa shape index (κ2) is 11.2. The Morgan fingerprint density at radius 3 is 2.37 bits per heavy atom. The summed E-state index contributed by atoms with van der Waals surface area (Å²) in [5.41, 5.74) is 3.43. The molecule has 0 aromatic heterocycles. The summed E-state index contributed by atoms with van der Waals surface area (Å²) >= 11 is 1.59. The Kier molecular flexibility index (Phi) is 8.38. The average Bonchev–Trinajstić information content (AvgIpc) is 3.26. The van der Waals surface area contributed by atoms with Crippen LogP contribution in [0.3, 0.4) is 0 Å². The minimum absolute atomic E-state index is 0.00516. The van der Waals surface area contributed by atoms with Crippen LogP contribution in [0.25, 0.3) is 0 Å². The zero-order chi connectivity index (χ0) is 21.3. The molecule has 1 aliphatic rings. The molecule has 2 aromatic carbocycles. The molecule has 5 heteroatoms. The monoisotopic (exact) mass is 424 g/mol. The van der Waals surface area contributed by atoms with Crippen molar-refractivity contribution in [3.8, 4) is 0 Å². The molecule has 0 aliphatic heterocycles. The molecular formula is C25H32N2O2S. The van der Waals surface area contributed by atoms with Gasteiger partial charge < -0.3 is 10.2 Å². The molecule has 1 N–H and O–H groups in total. The summed E-state index contributed by atoms with van der Waals surface area (Å²) < 4.78 is 0. The van der Waals surface area contributed by atoms with Crippen LogP contribution in [0.1, 0.15) is 49.3 Å². The second-order valence-electron chi connectivity index (χ2n) is 8.15. The number of thioether (sulfide) groups is 1. The second-order valence-corrected chi connectivity index (χ2v) is 9.14. The highest BCUT2D eigenvalue weighted by Gasteiger charge is 2.28. The zero-order valence-corrected chi connectivity index (χ0v) is 18.8.